The summed E-state index contributed by atoms with van der Waals surface area (Å²) in [5.41, 5.74) is 5.74. The van der Waals surface area contributed by atoms with Gasteiger partial charge in [-0.2, -0.15) is 0 Å². The molecule has 1 unspecified atom stereocenters. The van der Waals surface area contributed by atoms with E-state index in [1.165, 1.54) is 11.3 Å². The van der Waals surface area contributed by atoms with Gasteiger partial charge in [-0.3, -0.25) is 0 Å². The van der Waals surface area contributed by atoms with Gasteiger partial charge in [0.1, 0.15) is 18.2 Å². The second-order valence-electron chi connectivity index (χ2n) is 4.04. The zero-order valence-corrected chi connectivity index (χ0v) is 12.3. The number of halogens is 1. The number of nitrogens with one attached hydrogen (secondary N) is 1. The van der Waals surface area contributed by atoms with Crippen LogP contribution in [0.1, 0.15) is 23.7 Å². The van der Waals surface area contributed by atoms with Gasteiger partial charge < -0.3 is 15.8 Å². The number of aromatic nitrogens is 2. The lowest BCUT2D eigenvalue weighted by molar-refractivity contribution is 0.178. The minimum absolute atomic E-state index is 0.0993. The van der Waals surface area contributed by atoms with Gasteiger partial charge in [0, 0.05) is 18.1 Å². The number of methoxy groups -OCH3 is 1. The molecular weight excluding hydrogens is 284 g/mol. The fourth-order valence-corrected chi connectivity index (χ4v) is 2.70. The lowest BCUT2D eigenvalue weighted by atomic mass is 10.3. The molecule has 3 N–H and O–H groups in total. The first kappa shape index (κ1) is 14.0. The van der Waals surface area contributed by atoms with Crippen molar-refractivity contribution in [3.8, 4) is 0 Å². The molecule has 2 heterocycles. The minimum atomic E-state index is 0.0993. The second kappa shape index (κ2) is 6.18. The summed E-state index contributed by atoms with van der Waals surface area (Å²) in [6.07, 6.45) is 0. The largest absolute Gasteiger partial charge is 0.384 e. The second-order valence-corrected chi connectivity index (χ2v) is 5.78. The molecule has 0 spiro atoms. The number of thiophene rings is 1. The first-order valence-corrected chi connectivity index (χ1v) is 6.92. The Kier molecular flexibility index (Phi) is 4.57. The third-order valence-corrected chi connectivity index (χ3v) is 3.86. The average molecular weight is 299 g/mol. The number of nitrogens with zero attached hydrogens (tertiary/aromatic N) is 2. The fourth-order valence-electron chi connectivity index (χ4n) is 1.64. The molecule has 0 aliphatic heterocycles. The summed E-state index contributed by atoms with van der Waals surface area (Å²) in [6.45, 7) is 2.37. The van der Waals surface area contributed by atoms with E-state index in [2.05, 4.69) is 15.3 Å². The molecule has 2 aromatic rings. The average Bonchev–Trinajstić information content (AvgIpc) is 2.75. The van der Waals surface area contributed by atoms with Crippen molar-refractivity contribution in [1.82, 2.24) is 9.97 Å². The summed E-state index contributed by atoms with van der Waals surface area (Å²) in [5, 5.41) is 3.28. The molecule has 102 valence electrons. The van der Waals surface area contributed by atoms with Crippen LogP contribution in [0.3, 0.4) is 0 Å². The molecule has 0 saturated heterocycles. The number of ether oxygens (including phenoxy) is 1. The molecule has 0 radical (unpaired) electrons. The molecule has 19 heavy (non-hydrogen) atoms. The lowest BCUT2D eigenvalue weighted by Crippen LogP contribution is -2.10. The maximum Gasteiger partial charge on any atom is 0.158 e. The first-order valence-electron chi connectivity index (χ1n) is 5.72. The predicted molar refractivity (Wildman–Crippen MR) is 78.5 cm³/mol. The Morgan fingerprint density at radius 3 is 2.89 bits per heavy atom. The van der Waals surface area contributed by atoms with Crippen LogP contribution < -0.4 is 11.1 Å². The number of nitrogen functional groups attached to an aromatic ring is 1. The molecule has 2 aromatic heterocycles. The predicted octanol–water partition coefficient (Wildman–Crippen LogP) is 3.09. The van der Waals surface area contributed by atoms with Gasteiger partial charge in [0.15, 0.2) is 5.82 Å². The Morgan fingerprint density at radius 2 is 2.26 bits per heavy atom. The number of anilines is 2. The highest BCUT2D eigenvalue weighted by Gasteiger charge is 2.10. The quantitative estimate of drug-likeness (QED) is 0.887. The van der Waals surface area contributed by atoms with Crippen molar-refractivity contribution < 1.29 is 4.74 Å². The highest BCUT2D eigenvalue weighted by molar-refractivity contribution is 7.16. The van der Waals surface area contributed by atoms with E-state index in [0.717, 1.165) is 9.21 Å². The molecular formula is C12H15ClN4OS. The van der Waals surface area contributed by atoms with Crippen molar-refractivity contribution in [3.05, 3.63) is 33.2 Å². The van der Waals surface area contributed by atoms with E-state index in [1.54, 1.807) is 13.2 Å². The number of nitrogens with two attached hydrogens (primary N) is 1. The highest BCUT2D eigenvalue weighted by Crippen LogP contribution is 2.28. The van der Waals surface area contributed by atoms with Gasteiger partial charge in [-0.25, -0.2) is 9.97 Å². The van der Waals surface area contributed by atoms with Crippen molar-refractivity contribution in [1.29, 1.82) is 0 Å². The normalized spacial score (nSPS) is 12.4. The molecule has 0 bridgehead atoms. The third-order valence-electron chi connectivity index (χ3n) is 2.45. The summed E-state index contributed by atoms with van der Waals surface area (Å²) in [7, 11) is 1.59. The van der Waals surface area contributed by atoms with E-state index in [-0.39, 0.29) is 6.04 Å². The van der Waals surface area contributed by atoms with Crippen LogP contribution in [0.5, 0.6) is 0 Å². The molecule has 5 nitrogen and oxygen atoms in total. The number of hydrogen-bond donors (Lipinski definition) is 2. The van der Waals surface area contributed by atoms with E-state index >= 15 is 0 Å². The van der Waals surface area contributed by atoms with E-state index in [1.807, 2.05) is 19.1 Å². The zero-order valence-electron chi connectivity index (χ0n) is 10.7. The van der Waals surface area contributed by atoms with Crippen LogP contribution in [-0.2, 0) is 11.3 Å². The van der Waals surface area contributed by atoms with Crippen molar-refractivity contribution in [2.75, 3.05) is 18.2 Å². The van der Waals surface area contributed by atoms with E-state index < -0.39 is 0 Å². The Balaban J connectivity index is 2.14. The van der Waals surface area contributed by atoms with E-state index in [9.17, 15) is 0 Å². The molecule has 1 atom stereocenters. The minimum Gasteiger partial charge on any atom is -0.384 e. The van der Waals surface area contributed by atoms with Gasteiger partial charge in [0.25, 0.3) is 0 Å². The molecule has 0 aliphatic rings. The Labute approximate surface area is 120 Å². The molecule has 2 rings (SSSR count). The third kappa shape index (κ3) is 3.79. The van der Waals surface area contributed by atoms with Crippen LogP contribution in [0.15, 0.2) is 18.2 Å². The fraction of sp³-hybridized carbons (Fsp3) is 0.333. The first-order chi connectivity index (χ1) is 9.08. The lowest BCUT2D eigenvalue weighted by Gasteiger charge is -2.13. The van der Waals surface area contributed by atoms with E-state index in [4.69, 9.17) is 22.1 Å². The van der Waals surface area contributed by atoms with E-state index in [0.29, 0.717) is 24.1 Å². The van der Waals surface area contributed by atoms with Crippen molar-refractivity contribution in [3.63, 3.8) is 0 Å². The summed E-state index contributed by atoms with van der Waals surface area (Å²) < 4.78 is 5.78. The summed E-state index contributed by atoms with van der Waals surface area (Å²) in [6, 6.07) is 5.67. The smallest absolute Gasteiger partial charge is 0.158 e. The zero-order chi connectivity index (χ0) is 13.8. The SMILES string of the molecule is COCc1nc(N)cc(NC(C)c2ccc(Cl)s2)n1. The van der Waals surface area contributed by atoms with Gasteiger partial charge in [0.05, 0.1) is 10.4 Å². The molecule has 0 aliphatic carbocycles. The maximum atomic E-state index is 5.93. The highest BCUT2D eigenvalue weighted by atomic mass is 35.5. The number of rotatable bonds is 5. The van der Waals surface area contributed by atoms with Gasteiger partial charge in [-0.15, -0.1) is 11.3 Å². The van der Waals surface area contributed by atoms with Gasteiger partial charge in [0.2, 0.25) is 0 Å². The molecule has 7 heteroatoms. The Bertz CT molecular complexity index is 560. The molecule has 0 saturated carbocycles. The monoisotopic (exact) mass is 298 g/mol. The van der Waals surface area contributed by atoms with Gasteiger partial charge in [-0.1, -0.05) is 11.6 Å². The Hall–Kier alpha value is -1.37. The molecule has 0 fully saturated rings. The molecule has 0 amide bonds. The topological polar surface area (TPSA) is 73.1 Å². The van der Waals surface area contributed by atoms with Gasteiger partial charge >= 0.3 is 0 Å². The standard InChI is InChI=1S/C12H15ClN4OS/c1-7(8-3-4-9(13)19-8)15-11-5-10(14)16-12(17-11)6-18-2/h3-5,7H,6H2,1-2H3,(H3,14,15,16,17). The Morgan fingerprint density at radius 1 is 1.47 bits per heavy atom. The van der Waals surface area contributed by atoms with Crippen LogP contribution in [0.25, 0.3) is 0 Å². The summed E-state index contributed by atoms with van der Waals surface area (Å²) in [5.74, 6) is 1.65. The van der Waals surface area contributed by atoms with Crippen LogP contribution >= 0.6 is 22.9 Å². The number of hydrogen-bond acceptors (Lipinski definition) is 6. The van der Waals surface area contributed by atoms with Crippen molar-refractivity contribution in [2.24, 2.45) is 0 Å². The van der Waals surface area contributed by atoms with Crippen molar-refractivity contribution in [2.45, 2.75) is 19.6 Å². The summed E-state index contributed by atoms with van der Waals surface area (Å²) >= 11 is 7.47. The van der Waals surface area contributed by atoms with Gasteiger partial charge in [-0.05, 0) is 19.1 Å². The summed E-state index contributed by atoms with van der Waals surface area (Å²) in [4.78, 5) is 9.57. The van der Waals surface area contributed by atoms with Crippen LogP contribution in [0.2, 0.25) is 4.34 Å². The maximum absolute atomic E-state index is 5.93. The van der Waals surface area contributed by atoms with Crippen LogP contribution in [0, 0.1) is 0 Å². The molecule has 0 aromatic carbocycles. The van der Waals surface area contributed by atoms with Crippen LogP contribution in [-0.4, -0.2) is 17.1 Å². The van der Waals surface area contributed by atoms with Crippen LogP contribution in [0.4, 0.5) is 11.6 Å². The van der Waals surface area contributed by atoms with Crippen molar-refractivity contribution >= 4 is 34.6 Å².